The third-order valence-corrected chi connectivity index (χ3v) is 3.96. The number of hydrogen-bond donors (Lipinski definition) is 1. The number of methoxy groups -OCH3 is 3. The van der Waals surface area contributed by atoms with Crippen molar-refractivity contribution in [2.24, 2.45) is 0 Å². The third-order valence-electron chi connectivity index (χ3n) is 3.96. The first-order chi connectivity index (χ1) is 12.6. The van der Waals surface area contributed by atoms with Gasteiger partial charge in [-0.3, -0.25) is 4.79 Å². The molecule has 5 nitrogen and oxygen atoms in total. The van der Waals surface area contributed by atoms with E-state index in [9.17, 15) is 4.79 Å². The van der Waals surface area contributed by atoms with E-state index in [1.165, 1.54) is 11.6 Å². The van der Waals surface area contributed by atoms with Crippen LogP contribution in [0.4, 0.5) is 0 Å². The summed E-state index contributed by atoms with van der Waals surface area (Å²) in [5.41, 5.74) is 3.11. The second-order valence-corrected chi connectivity index (χ2v) is 5.80. The first-order valence-electron chi connectivity index (χ1n) is 8.39. The van der Waals surface area contributed by atoms with E-state index in [4.69, 9.17) is 14.2 Å². The molecule has 0 radical (unpaired) electrons. The van der Waals surface area contributed by atoms with Crippen LogP contribution in [-0.2, 0) is 11.2 Å². The lowest BCUT2D eigenvalue weighted by atomic mass is 10.1. The van der Waals surface area contributed by atoms with Gasteiger partial charge in [-0.1, -0.05) is 23.8 Å². The molecule has 0 aromatic heterocycles. The molecule has 0 heterocycles. The molecule has 5 heteroatoms. The average Bonchev–Trinajstić information content (AvgIpc) is 2.66. The van der Waals surface area contributed by atoms with E-state index in [-0.39, 0.29) is 5.91 Å². The number of hydrogen-bond acceptors (Lipinski definition) is 4. The van der Waals surface area contributed by atoms with E-state index in [0.29, 0.717) is 24.5 Å². The van der Waals surface area contributed by atoms with Crippen LogP contribution in [0.2, 0.25) is 0 Å². The number of rotatable bonds is 8. The standard InChI is InChI=1S/C21H25NO4/c1-15-5-8-18(24-2)17(13-15)11-12-22-21(23)10-7-16-6-9-19(25-3)20(14-16)26-4/h5-10,13-14H,11-12H2,1-4H3,(H,22,23)/b10-7+. The predicted octanol–water partition coefficient (Wildman–Crippen LogP) is 3.39. The zero-order chi connectivity index (χ0) is 18.9. The SMILES string of the molecule is COc1ccc(C)cc1CCNC(=O)/C=C/c1ccc(OC)c(OC)c1. The van der Waals surface area contributed by atoms with E-state index >= 15 is 0 Å². The molecule has 0 atom stereocenters. The number of amides is 1. The highest BCUT2D eigenvalue weighted by Gasteiger charge is 2.05. The van der Waals surface area contributed by atoms with Crippen molar-refractivity contribution >= 4 is 12.0 Å². The maximum absolute atomic E-state index is 12.0. The first-order valence-corrected chi connectivity index (χ1v) is 8.39. The Morgan fingerprint density at radius 2 is 1.65 bits per heavy atom. The largest absolute Gasteiger partial charge is 0.496 e. The molecule has 0 bridgehead atoms. The quantitative estimate of drug-likeness (QED) is 0.738. The number of ether oxygens (including phenoxy) is 3. The molecular formula is C21H25NO4. The van der Waals surface area contributed by atoms with Crippen molar-refractivity contribution in [3.05, 3.63) is 59.2 Å². The maximum Gasteiger partial charge on any atom is 0.244 e. The van der Waals surface area contributed by atoms with Gasteiger partial charge in [0.05, 0.1) is 21.3 Å². The van der Waals surface area contributed by atoms with Gasteiger partial charge in [0, 0.05) is 12.6 Å². The van der Waals surface area contributed by atoms with Crippen LogP contribution >= 0.6 is 0 Å². The average molecular weight is 355 g/mol. The number of nitrogens with one attached hydrogen (secondary N) is 1. The fourth-order valence-electron chi connectivity index (χ4n) is 2.61. The summed E-state index contributed by atoms with van der Waals surface area (Å²) in [7, 11) is 4.82. The molecule has 0 aliphatic rings. The van der Waals surface area contributed by atoms with Crippen LogP contribution in [0.1, 0.15) is 16.7 Å². The summed E-state index contributed by atoms with van der Waals surface area (Å²) in [5.74, 6) is 1.97. The van der Waals surface area contributed by atoms with Gasteiger partial charge in [-0.15, -0.1) is 0 Å². The minimum absolute atomic E-state index is 0.147. The second-order valence-electron chi connectivity index (χ2n) is 5.80. The summed E-state index contributed by atoms with van der Waals surface area (Å²) in [6.07, 6.45) is 3.96. The molecule has 26 heavy (non-hydrogen) atoms. The van der Waals surface area contributed by atoms with Crippen LogP contribution in [0.3, 0.4) is 0 Å². The predicted molar refractivity (Wildman–Crippen MR) is 103 cm³/mol. The van der Waals surface area contributed by atoms with E-state index in [1.54, 1.807) is 33.5 Å². The summed E-state index contributed by atoms with van der Waals surface area (Å²) in [5, 5.41) is 2.89. The fourth-order valence-corrected chi connectivity index (χ4v) is 2.61. The molecular weight excluding hydrogens is 330 g/mol. The molecule has 0 unspecified atom stereocenters. The van der Waals surface area contributed by atoms with Gasteiger partial charge in [0.2, 0.25) is 5.91 Å². The van der Waals surface area contributed by atoms with E-state index in [1.807, 2.05) is 31.2 Å². The van der Waals surface area contributed by atoms with Gasteiger partial charge in [-0.2, -0.15) is 0 Å². The Bertz CT molecular complexity index is 784. The van der Waals surface area contributed by atoms with Crippen molar-refractivity contribution in [1.29, 1.82) is 0 Å². The molecule has 2 aromatic rings. The number of benzene rings is 2. The Morgan fingerprint density at radius 3 is 2.35 bits per heavy atom. The second kappa shape index (κ2) is 9.51. The Morgan fingerprint density at radius 1 is 0.962 bits per heavy atom. The topological polar surface area (TPSA) is 56.8 Å². The van der Waals surface area contributed by atoms with Crippen molar-refractivity contribution in [3.63, 3.8) is 0 Å². The van der Waals surface area contributed by atoms with Gasteiger partial charge in [0.15, 0.2) is 11.5 Å². The highest BCUT2D eigenvalue weighted by molar-refractivity contribution is 5.91. The summed E-state index contributed by atoms with van der Waals surface area (Å²) in [6, 6.07) is 11.5. The van der Waals surface area contributed by atoms with Crippen molar-refractivity contribution in [2.45, 2.75) is 13.3 Å². The zero-order valence-corrected chi connectivity index (χ0v) is 15.7. The van der Waals surface area contributed by atoms with Crippen LogP contribution < -0.4 is 19.5 Å². The number of carbonyl (C=O) groups excluding carboxylic acids is 1. The van der Waals surface area contributed by atoms with Crippen LogP contribution in [0.5, 0.6) is 17.2 Å². The van der Waals surface area contributed by atoms with Crippen molar-refractivity contribution in [3.8, 4) is 17.2 Å². The lowest BCUT2D eigenvalue weighted by molar-refractivity contribution is -0.116. The Kier molecular flexibility index (Phi) is 7.09. The molecule has 0 aliphatic heterocycles. The molecule has 1 amide bonds. The van der Waals surface area contributed by atoms with Crippen molar-refractivity contribution < 1.29 is 19.0 Å². The van der Waals surface area contributed by atoms with Gasteiger partial charge >= 0.3 is 0 Å². The van der Waals surface area contributed by atoms with Crippen LogP contribution in [0.25, 0.3) is 6.08 Å². The molecule has 0 saturated heterocycles. The van der Waals surface area contributed by atoms with Crippen LogP contribution in [0, 0.1) is 6.92 Å². The normalized spacial score (nSPS) is 10.6. The Labute approximate surface area is 154 Å². The molecule has 2 rings (SSSR count). The smallest absolute Gasteiger partial charge is 0.244 e. The van der Waals surface area contributed by atoms with E-state index in [0.717, 1.165) is 16.9 Å². The highest BCUT2D eigenvalue weighted by atomic mass is 16.5. The molecule has 1 N–H and O–H groups in total. The summed E-state index contributed by atoms with van der Waals surface area (Å²) >= 11 is 0. The van der Waals surface area contributed by atoms with Crippen LogP contribution in [0.15, 0.2) is 42.5 Å². The Balaban J connectivity index is 1.91. The molecule has 138 valence electrons. The lowest BCUT2D eigenvalue weighted by Gasteiger charge is -2.10. The monoisotopic (exact) mass is 355 g/mol. The van der Waals surface area contributed by atoms with Gasteiger partial charge < -0.3 is 19.5 Å². The highest BCUT2D eigenvalue weighted by Crippen LogP contribution is 2.27. The first kappa shape index (κ1) is 19.4. The van der Waals surface area contributed by atoms with Crippen molar-refractivity contribution in [2.75, 3.05) is 27.9 Å². The summed E-state index contributed by atoms with van der Waals surface area (Å²) < 4.78 is 15.8. The summed E-state index contributed by atoms with van der Waals surface area (Å²) in [6.45, 7) is 2.57. The molecule has 0 saturated carbocycles. The zero-order valence-electron chi connectivity index (χ0n) is 15.7. The lowest BCUT2D eigenvalue weighted by Crippen LogP contribution is -2.23. The van der Waals surface area contributed by atoms with Crippen LogP contribution in [-0.4, -0.2) is 33.8 Å². The minimum Gasteiger partial charge on any atom is -0.496 e. The van der Waals surface area contributed by atoms with Gasteiger partial charge in [0.1, 0.15) is 5.75 Å². The number of carbonyl (C=O) groups is 1. The minimum atomic E-state index is -0.147. The molecule has 0 aliphatic carbocycles. The van der Waals surface area contributed by atoms with Gasteiger partial charge in [-0.05, 0) is 48.7 Å². The van der Waals surface area contributed by atoms with Gasteiger partial charge in [0.25, 0.3) is 0 Å². The maximum atomic E-state index is 12.0. The Hall–Kier alpha value is -2.95. The van der Waals surface area contributed by atoms with E-state index in [2.05, 4.69) is 11.4 Å². The third kappa shape index (κ3) is 5.28. The van der Waals surface area contributed by atoms with Gasteiger partial charge in [-0.25, -0.2) is 0 Å². The van der Waals surface area contributed by atoms with E-state index < -0.39 is 0 Å². The molecule has 2 aromatic carbocycles. The van der Waals surface area contributed by atoms with Crippen molar-refractivity contribution in [1.82, 2.24) is 5.32 Å². The molecule has 0 spiro atoms. The number of aryl methyl sites for hydroxylation is 1. The fraction of sp³-hybridized carbons (Fsp3) is 0.286. The summed E-state index contributed by atoms with van der Waals surface area (Å²) in [4.78, 5) is 12.0. The molecule has 0 fully saturated rings.